The van der Waals surface area contributed by atoms with E-state index in [2.05, 4.69) is 10.2 Å². The SMILES string of the molecule is COc1cc(C2(c3ccc(O)c(OC)c3)Cc3cc(-c4cc[nH]n4)c([N+](=O)[O-])c2c3[N+](=O)[O-])ccc1O. The van der Waals surface area contributed by atoms with E-state index in [9.17, 15) is 30.4 Å². The summed E-state index contributed by atoms with van der Waals surface area (Å²) in [5, 5.41) is 52.2. The van der Waals surface area contributed by atoms with Gasteiger partial charge >= 0.3 is 0 Å². The molecular weight excluding hydrogens is 484 g/mol. The number of nitrogens with zero attached hydrogens (tertiary/aromatic N) is 3. The minimum Gasteiger partial charge on any atom is -0.504 e. The summed E-state index contributed by atoms with van der Waals surface area (Å²) in [6.45, 7) is 0. The van der Waals surface area contributed by atoms with E-state index in [0.29, 0.717) is 11.1 Å². The molecule has 2 bridgehead atoms. The fourth-order valence-electron chi connectivity index (χ4n) is 5.18. The Bertz CT molecular complexity index is 1510. The highest BCUT2D eigenvalue weighted by atomic mass is 16.6. The minimum absolute atomic E-state index is 0.0221. The number of aromatic amines is 1. The molecular formula is C25H20N4O8. The smallest absolute Gasteiger partial charge is 0.290 e. The number of aromatic nitrogens is 2. The highest BCUT2D eigenvalue weighted by molar-refractivity contribution is 5.85. The van der Waals surface area contributed by atoms with E-state index < -0.39 is 20.9 Å². The van der Waals surface area contributed by atoms with Crippen molar-refractivity contribution in [2.75, 3.05) is 14.2 Å². The van der Waals surface area contributed by atoms with E-state index in [1.807, 2.05) is 0 Å². The van der Waals surface area contributed by atoms with Crippen LogP contribution < -0.4 is 9.47 Å². The molecule has 0 radical (unpaired) electrons. The van der Waals surface area contributed by atoms with Gasteiger partial charge in [0, 0.05) is 11.8 Å². The van der Waals surface area contributed by atoms with E-state index in [4.69, 9.17) is 9.47 Å². The molecule has 1 aromatic heterocycles. The van der Waals surface area contributed by atoms with Crippen LogP contribution in [-0.4, -0.2) is 44.5 Å². The first-order valence-electron chi connectivity index (χ1n) is 11.0. The lowest BCUT2D eigenvalue weighted by atomic mass is 9.69. The summed E-state index contributed by atoms with van der Waals surface area (Å²) < 4.78 is 10.6. The van der Waals surface area contributed by atoms with E-state index in [0.717, 1.165) is 0 Å². The molecule has 12 heteroatoms. The van der Waals surface area contributed by atoms with Gasteiger partial charge in [0.05, 0.1) is 40.7 Å². The average Bonchev–Trinajstić information content (AvgIpc) is 3.49. The van der Waals surface area contributed by atoms with Gasteiger partial charge in [-0.15, -0.1) is 0 Å². The van der Waals surface area contributed by atoms with Crippen LogP contribution in [0.1, 0.15) is 22.3 Å². The summed E-state index contributed by atoms with van der Waals surface area (Å²) in [5.74, 6) is -0.174. The molecule has 0 saturated carbocycles. The van der Waals surface area contributed by atoms with Crippen LogP contribution >= 0.6 is 0 Å². The van der Waals surface area contributed by atoms with Crippen LogP contribution in [-0.2, 0) is 11.8 Å². The number of hydrogen-bond donors (Lipinski definition) is 3. The summed E-state index contributed by atoms with van der Waals surface area (Å²) in [4.78, 5) is 23.7. The molecule has 1 aliphatic rings. The third kappa shape index (κ3) is 3.41. The molecule has 1 aliphatic carbocycles. The van der Waals surface area contributed by atoms with E-state index >= 15 is 0 Å². The van der Waals surface area contributed by atoms with Crippen molar-refractivity contribution in [2.24, 2.45) is 0 Å². The highest BCUT2D eigenvalue weighted by Crippen LogP contribution is 2.59. The fraction of sp³-hybridized carbons (Fsp3) is 0.160. The minimum atomic E-state index is -1.48. The van der Waals surface area contributed by atoms with Gasteiger partial charge in [-0.1, -0.05) is 12.1 Å². The van der Waals surface area contributed by atoms with Crippen LogP contribution in [0.3, 0.4) is 0 Å². The Morgan fingerprint density at radius 3 is 1.92 bits per heavy atom. The molecule has 0 spiro atoms. The van der Waals surface area contributed by atoms with Crippen LogP contribution in [0.4, 0.5) is 11.4 Å². The van der Waals surface area contributed by atoms with Crippen LogP contribution in [0.5, 0.6) is 23.0 Å². The number of phenolic OH excluding ortho intramolecular Hbond substituents is 2. The number of phenols is 2. The van der Waals surface area contributed by atoms with Crippen molar-refractivity contribution < 1.29 is 29.5 Å². The average molecular weight is 504 g/mol. The number of H-pyrrole nitrogens is 1. The highest BCUT2D eigenvalue weighted by Gasteiger charge is 2.55. The predicted molar refractivity (Wildman–Crippen MR) is 130 cm³/mol. The second kappa shape index (κ2) is 8.52. The van der Waals surface area contributed by atoms with Crippen LogP contribution in [0.2, 0.25) is 0 Å². The Morgan fingerprint density at radius 2 is 1.46 bits per heavy atom. The van der Waals surface area contributed by atoms with Crippen molar-refractivity contribution in [1.82, 2.24) is 10.2 Å². The summed E-state index contributed by atoms with van der Waals surface area (Å²) in [6.07, 6.45) is 1.48. The summed E-state index contributed by atoms with van der Waals surface area (Å²) in [6, 6.07) is 11.7. The number of rotatable bonds is 7. The van der Waals surface area contributed by atoms with Gasteiger partial charge in [0.1, 0.15) is 5.56 Å². The molecule has 0 fully saturated rings. The van der Waals surface area contributed by atoms with Gasteiger partial charge < -0.3 is 19.7 Å². The number of aromatic hydroxyl groups is 2. The lowest BCUT2D eigenvalue weighted by Gasteiger charge is -2.31. The van der Waals surface area contributed by atoms with Gasteiger partial charge in [-0.3, -0.25) is 25.3 Å². The molecule has 0 amide bonds. The first-order valence-corrected chi connectivity index (χ1v) is 11.0. The number of nitro groups is 2. The number of methoxy groups -OCH3 is 2. The van der Waals surface area contributed by atoms with Crippen molar-refractivity contribution in [2.45, 2.75) is 11.8 Å². The maximum absolute atomic E-state index is 12.6. The second-order valence-corrected chi connectivity index (χ2v) is 8.48. The summed E-state index contributed by atoms with van der Waals surface area (Å²) in [7, 11) is 2.70. The zero-order valence-electron chi connectivity index (χ0n) is 19.6. The largest absolute Gasteiger partial charge is 0.504 e. The molecule has 0 aliphatic heterocycles. The Balaban J connectivity index is 1.97. The zero-order valence-corrected chi connectivity index (χ0v) is 19.6. The van der Waals surface area contributed by atoms with E-state index in [-0.39, 0.29) is 57.5 Å². The van der Waals surface area contributed by atoms with E-state index in [1.165, 1.54) is 62.9 Å². The van der Waals surface area contributed by atoms with Gasteiger partial charge in [0.15, 0.2) is 23.0 Å². The second-order valence-electron chi connectivity index (χ2n) is 8.48. The number of ether oxygens (including phenoxy) is 2. The van der Waals surface area contributed by atoms with Crippen LogP contribution in [0, 0.1) is 20.2 Å². The molecule has 3 aromatic carbocycles. The molecule has 0 saturated heterocycles. The quantitative estimate of drug-likeness (QED) is 0.246. The molecule has 4 aromatic rings. The maximum atomic E-state index is 12.6. The number of nitro benzene ring substituents is 2. The number of fused-ring (bicyclic) bond motifs is 2. The Morgan fingerprint density at radius 1 is 0.892 bits per heavy atom. The topological polar surface area (TPSA) is 174 Å². The summed E-state index contributed by atoms with van der Waals surface area (Å²) in [5.41, 5.74) is -1.03. The molecule has 12 nitrogen and oxygen atoms in total. The first-order chi connectivity index (χ1) is 17.7. The third-order valence-electron chi connectivity index (χ3n) is 6.72. The lowest BCUT2D eigenvalue weighted by molar-refractivity contribution is -0.395. The lowest BCUT2D eigenvalue weighted by Crippen LogP contribution is -2.29. The molecule has 37 heavy (non-hydrogen) atoms. The molecule has 1 heterocycles. The fourth-order valence-corrected chi connectivity index (χ4v) is 5.18. The van der Waals surface area contributed by atoms with Crippen LogP contribution in [0.25, 0.3) is 11.3 Å². The summed E-state index contributed by atoms with van der Waals surface area (Å²) >= 11 is 0. The van der Waals surface area contributed by atoms with Crippen LogP contribution in [0.15, 0.2) is 54.7 Å². The van der Waals surface area contributed by atoms with Gasteiger partial charge in [0.2, 0.25) is 0 Å². The predicted octanol–water partition coefficient (Wildman–Crippen LogP) is 4.21. The third-order valence-corrected chi connectivity index (χ3v) is 6.72. The Hall–Kier alpha value is -5.13. The van der Waals surface area contributed by atoms with Gasteiger partial charge in [-0.2, -0.15) is 5.10 Å². The molecule has 3 N–H and O–H groups in total. The van der Waals surface area contributed by atoms with Gasteiger partial charge in [-0.05, 0) is 53.9 Å². The van der Waals surface area contributed by atoms with Crippen molar-refractivity contribution in [3.8, 4) is 34.3 Å². The van der Waals surface area contributed by atoms with Crippen molar-refractivity contribution in [1.29, 1.82) is 0 Å². The number of benzene rings is 3. The normalized spacial score (nSPS) is 13.4. The van der Waals surface area contributed by atoms with Gasteiger partial charge in [0.25, 0.3) is 11.4 Å². The van der Waals surface area contributed by atoms with Crippen molar-refractivity contribution in [3.05, 3.63) is 97.2 Å². The van der Waals surface area contributed by atoms with E-state index in [1.54, 1.807) is 6.07 Å². The first kappa shape index (κ1) is 23.6. The number of nitrogens with one attached hydrogen (secondary N) is 1. The molecule has 188 valence electrons. The van der Waals surface area contributed by atoms with Crippen molar-refractivity contribution in [3.63, 3.8) is 0 Å². The Kier molecular flexibility index (Phi) is 5.43. The monoisotopic (exact) mass is 504 g/mol. The Labute approximate surface area is 209 Å². The molecule has 5 rings (SSSR count). The number of hydrogen-bond acceptors (Lipinski definition) is 9. The standard InChI is InChI=1S/C25H20N4O8/c1-36-20-10-14(3-5-18(20)30)25(15-4-6-19(31)21(11-15)37-2)12-13-9-16(17-7-8-26-27-17)24(29(34)35)22(25)23(13)28(32)33/h3-11,30-31H,12H2,1-2H3,(H,26,27). The molecule has 0 atom stereocenters. The maximum Gasteiger partial charge on any atom is 0.290 e. The van der Waals surface area contributed by atoms with Crippen molar-refractivity contribution >= 4 is 11.4 Å². The zero-order chi connectivity index (χ0) is 26.5. The molecule has 0 unspecified atom stereocenters. The van der Waals surface area contributed by atoms with Gasteiger partial charge in [-0.25, -0.2) is 0 Å².